The number of aromatic amines is 1. The normalized spacial score (nSPS) is 17.4. The molecule has 31 heavy (non-hydrogen) atoms. The Bertz CT molecular complexity index is 824. The van der Waals surface area contributed by atoms with E-state index in [-0.39, 0.29) is 23.8 Å². The van der Waals surface area contributed by atoms with Gasteiger partial charge in [0.05, 0.1) is 13.2 Å². The molecule has 1 aromatic rings. The van der Waals surface area contributed by atoms with E-state index in [0.717, 1.165) is 6.42 Å². The number of nitrogens with zero attached hydrogens (tertiary/aromatic N) is 4. The van der Waals surface area contributed by atoms with Crippen LogP contribution in [0, 0.1) is 12.8 Å². The number of H-pyrrole nitrogens is 1. The van der Waals surface area contributed by atoms with Gasteiger partial charge in [-0.3, -0.25) is 19.4 Å². The average Bonchev–Trinajstić information content (AvgIpc) is 2.77. The third-order valence-corrected chi connectivity index (χ3v) is 6.03. The van der Waals surface area contributed by atoms with Crippen molar-refractivity contribution < 1.29 is 14.3 Å². The van der Waals surface area contributed by atoms with E-state index in [1.165, 1.54) is 0 Å². The maximum Gasteiger partial charge on any atom is 0.255 e. The van der Waals surface area contributed by atoms with Crippen molar-refractivity contribution in [3.63, 3.8) is 0 Å². The van der Waals surface area contributed by atoms with Gasteiger partial charge in [0.25, 0.3) is 5.56 Å². The Labute approximate surface area is 183 Å². The molecule has 2 aliphatic heterocycles. The number of anilines is 1. The van der Waals surface area contributed by atoms with Crippen LogP contribution in [0.1, 0.15) is 44.4 Å². The van der Waals surface area contributed by atoms with E-state index in [2.05, 4.69) is 23.8 Å². The molecule has 1 aromatic heterocycles. The van der Waals surface area contributed by atoms with Gasteiger partial charge in [-0.2, -0.15) is 0 Å². The lowest BCUT2D eigenvalue weighted by molar-refractivity contribution is -0.139. The molecule has 9 nitrogen and oxygen atoms in total. The minimum absolute atomic E-state index is 0.0188. The second-order valence-corrected chi connectivity index (χ2v) is 8.75. The molecular weight excluding hydrogens is 398 g/mol. The van der Waals surface area contributed by atoms with Crippen molar-refractivity contribution in [2.24, 2.45) is 5.92 Å². The Balaban J connectivity index is 1.50. The number of aromatic nitrogens is 2. The maximum absolute atomic E-state index is 12.7. The molecule has 3 heterocycles. The molecule has 2 saturated heterocycles. The Morgan fingerprint density at radius 3 is 2.13 bits per heavy atom. The summed E-state index contributed by atoms with van der Waals surface area (Å²) in [5.74, 6) is 1.27. The molecule has 3 rings (SSSR count). The second kappa shape index (κ2) is 10.7. The second-order valence-electron chi connectivity index (χ2n) is 8.75. The van der Waals surface area contributed by atoms with Crippen LogP contribution in [-0.2, 0) is 20.7 Å². The summed E-state index contributed by atoms with van der Waals surface area (Å²) in [6.45, 7) is 11.0. The summed E-state index contributed by atoms with van der Waals surface area (Å²) in [5, 5.41) is 0. The molecule has 0 radical (unpaired) electrons. The van der Waals surface area contributed by atoms with Crippen LogP contribution in [0.25, 0.3) is 0 Å². The van der Waals surface area contributed by atoms with Crippen LogP contribution in [0.2, 0.25) is 0 Å². The Morgan fingerprint density at radius 1 is 1.00 bits per heavy atom. The molecule has 0 aliphatic carbocycles. The number of rotatable bonds is 7. The fraction of sp³-hybridized carbons (Fsp3) is 0.727. The van der Waals surface area contributed by atoms with Crippen molar-refractivity contribution in [1.82, 2.24) is 19.8 Å². The highest BCUT2D eigenvalue weighted by molar-refractivity contribution is 5.78. The standard InChI is InChI=1S/C22H35N5O4/c1-16(2)4-6-19(28)25-8-10-26(11-9-25)20(29)7-5-18-17(3)23-22(24-21(18)30)27-12-14-31-15-13-27/h16H,4-15H2,1-3H3,(H,23,24,30). The first-order chi connectivity index (χ1) is 14.8. The Morgan fingerprint density at radius 2 is 1.58 bits per heavy atom. The predicted molar refractivity (Wildman–Crippen MR) is 118 cm³/mol. The van der Waals surface area contributed by atoms with E-state index in [1.54, 1.807) is 4.90 Å². The zero-order valence-corrected chi connectivity index (χ0v) is 19.0. The number of carbonyl (C=O) groups excluding carboxylic acids is 2. The maximum atomic E-state index is 12.7. The molecule has 0 bridgehead atoms. The van der Waals surface area contributed by atoms with Crippen LogP contribution in [0.15, 0.2) is 4.79 Å². The number of aryl methyl sites for hydroxylation is 1. The highest BCUT2D eigenvalue weighted by Gasteiger charge is 2.24. The summed E-state index contributed by atoms with van der Waals surface area (Å²) in [5.41, 5.74) is 1.05. The van der Waals surface area contributed by atoms with Gasteiger partial charge in [0.15, 0.2) is 0 Å². The molecule has 1 N–H and O–H groups in total. The minimum atomic E-state index is -0.178. The number of amides is 2. The average molecular weight is 434 g/mol. The van der Waals surface area contributed by atoms with Crippen LogP contribution >= 0.6 is 0 Å². The van der Waals surface area contributed by atoms with Crippen molar-refractivity contribution in [1.29, 1.82) is 0 Å². The van der Waals surface area contributed by atoms with Crippen LogP contribution in [0.3, 0.4) is 0 Å². The highest BCUT2D eigenvalue weighted by atomic mass is 16.5. The van der Waals surface area contributed by atoms with Crippen LogP contribution in [0.5, 0.6) is 0 Å². The predicted octanol–water partition coefficient (Wildman–Crippen LogP) is 0.955. The first-order valence-corrected chi connectivity index (χ1v) is 11.3. The number of morpholine rings is 1. The molecule has 2 aliphatic rings. The molecule has 172 valence electrons. The summed E-state index contributed by atoms with van der Waals surface area (Å²) in [6.07, 6.45) is 2.10. The van der Waals surface area contributed by atoms with Crippen molar-refractivity contribution in [3.8, 4) is 0 Å². The summed E-state index contributed by atoms with van der Waals surface area (Å²) in [6, 6.07) is 0. The minimum Gasteiger partial charge on any atom is -0.378 e. The van der Waals surface area contributed by atoms with Gasteiger partial charge in [-0.15, -0.1) is 0 Å². The van der Waals surface area contributed by atoms with E-state index < -0.39 is 0 Å². The number of piperazine rings is 1. The van der Waals surface area contributed by atoms with Gasteiger partial charge in [0, 0.05) is 63.4 Å². The van der Waals surface area contributed by atoms with Crippen LogP contribution in [-0.4, -0.2) is 84.1 Å². The smallest absolute Gasteiger partial charge is 0.255 e. The lowest BCUT2D eigenvalue weighted by Gasteiger charge is -2.35. The molecule has 2 amide bonds. The van der Waals surface area contributed by atoms with E-state index in [0.29, 0.717) is 88.4 Å². The van der Waals surface area contributed by atoms with Crippen molar-refractivity contribution in [2.45, 2.75) is 46.5 Å². The molecule has 9 heteroatoms. The van der Waals surface area contributed by atoms with Gasteiger partial charge < -0.3 is 19.4 Å². The lowest BCUT2D eigenvalue weighted by Crippen LogP contribution is -2.50. The summed E-state index contributed by atoms with van der Waals surface area (Å²) < 4.78 is 5.34. The monoisotopic (exact) mass is 433 g/mol. The summed E-state index contributed by atoms with van der Waals surface area (Å²) in [4.78, 5) is 50.6. The van der Waals surface area contributed by atoms with Crippen LogP contribution in [0.4, 0.5) is 5.95 Å². The van der Waals surface area contributed by atoms with E-state index in [9.17, 15) is 14.4 Å². The fourth-order valence-electron chi connectivity index (χ4n) is 3.98. The van der Waals surface area contributed by atoms with Gasteiger partial charge in [-0.25, -0.2) is 4.98 Å². The third-order valence-electron chi connectivity index (χ3n) is 6.03. The van der Waals surface area contributed by atoms with Crippen molar-refractivity contribution in [2.75, 3.05) is 57.4 Å². The summed E-state index contributed by atoms with van der Waals surface area (Å²) >= 11 is 0. The number of ether oxygens (including phenoxy) is 1. The van der Waals surface area contributed by atoms with Crippen molar-refractivity contribution >= 4 is 17.8 Å². The lowest BCUT2D eigenvalue weighted by atomic mass is 10.1. The number of hydrogen-bond acceptors (Lipinski definition) is 6. The van der Waals surface area contributed by atoms with Crippen LogP contribution < -0.4 is 10.5 Å². The van der Waals surface area contributed by atoms with E-state index in [1.807, 2.05) is 16.7 Å². The Kier molecular flexibility index (Phi) is 8.06. The topological polar surface area (TPSA) is 98.8 Å². The largest absolute Gasteiger partial charge is 0.378 e. The third kappa shape index (κ3) is 6.29. The molecule has 0 unspecified atom stereocenters. The van der Waals surface area contributed by atoms with Crippen molar-refractivity contribution in [3.05, 3.63) is 21.6 Å². The number of carbonyl (C=O) groups is 2. The molecule has 0 spiro atoms. The molecule has 0 aromatic carbocycles. The van der Waals surface area contributed by atoms with Gasteiger partial charge in [0.1, 0.15) is 0 Å². The molecular formula is C22H35N5O4. The Hall–Kier alpha value is -2.42. The SMILES string of the molecule is Cc1nc(N2CCOCC2)[nH]c(=O)c1CCC(=O)N1CCN(C(=O)CCC(C)C)CC1. The fourth-order valence-corrected chi connectivity index (χ4v) is 3.98. The number of nitrogens with one attached hydrogen (secondary N) is 1. The molecule has 2 fully saturated rings. The van der Waals surface area contributed by atoms with E-state index in [4.69, 9.17) is 4.74 Å². The zero-order valence-electron chi connectivity index (χ0n) is 19.0. The molecule has 0 saturated carbocycles. The number of hydrogen-bond donors (Lipinski definition) is 1. The summed E-state index contributed by atoms with van der Waals surface area (Å²) in [7, 11) is 0. The van der Waals surface area contributed by atoms with E-state index >= 15 is 0 Å². The van der Waals surface area contributed by atoms with Gasteiger partial charge in [-0.1, -0.05) is 13.8 Å². The quantitative estimate of drug-likeness (QED) is 0.688. The molecule has 0 atom stereocenters. The zero-order chi connectivity index (χ0) is 22.4. The first-order valence-electron chi connectivity index (χ1n) is 11.3. The van der Waals surface area contributed by atoms with Gasteiger partial charge in [0.2, 0.25) is 17.8 Å². The first kappa shape index (κ1) is 23.2. The van der Waals surface area contributed by atoms with Gasteiger partial charge >= 0.3 is 0 Å². The van der Waals surface area contributed by atoms with Gasteiger partial charge in [-0.05, 0) is 25.7 Å². The highest BCUT2D eigenvalue weighted by Crippen LogP contribution is 2.13.